The van der Waals surface area contributed by atoms with Crippen molar-refractivity contribution in [1.29, 1.82) is 0 Å². The highest BCUT2D eigenvalue weighted by molar-refractivity contribution is 6.01. The van der Waals surface area contributed by atoms with Crippen LogP contribution in [0.3, 0.4) is 0 Å². The molecule has 41 heavy (non-hydrogen) atoms. The zero-order chi connectivity index (χ0) is 28.0. The van der Waals surface area contributed by atoms with Crippen molar-refractivity contribution >= 4 is 22.9 Å². The summed E-state index contributed by atoms with van der Waals surface area (Å²) < 4.78 is 19.2. The van der Waals surface area contributed by atoms with Crippen LogP contribution in [-0.2, 0) is 16.1 Å². The molecule has 2 fully saturated rings. The first kappa shape index (κ1) is 27.0. The predicted octanol–water partition coefficient (Wildman–Crippen LogP) is 4.27. The van der Waals surface area contributed by atoms with E-state index in [1.807, 2.05) is 54.6 Å². The first-order valence-corrected chi connectivity index (χ1v) is 14.2. The Morgan fingerprint density at radius 2 is 1.80 bits per heavy atom. The molecule has 1 saturated heterocycles. The smallest absolute Gasteiger partial charge is 0.407 e. The number of nitrogen functional groups attached to an aromatic ring is 1. The van der Waals surface area contributed by atoms with E-state index in [9.17, 15) is 4.79 Å². The van der Waals surface area contributed by atoms with Crippen LogP contribution < -0.4 is 15.8 Å². The number of benzene rings is 2. The van der Waals surface area contributed by atoms with Gasteiger partial charge < -0.3 is 29.8 Å². The van der Waals surface area contributed by atoms with Gasteiger partial charge in [-0.05, 0) is 30.4 Å². The number of hydrogen-bond acceptors (Lipinski definition) is 8. The fraction of sp³-hybridized carbons (Fsp3) is 0.387. The number of carbonyl (C=O) groups is 1. The Bertz CT molecular complexity index is 1460. The molecule has 6 rings (SSSR count). The van der Waals surface area contributed by atoms with Gasteiger partial charge in [0.25, 0.3) is 0 Å². The maximum Gasteiger partial charge on any atom is 0.407 e. The summed E-state index contributed by atoms with van der Waals surface area (Å²) >= 11 is 0. The molecule has 2 aromatic carbocycles. The summed E-state index contributed by atoms with van der Waals surface area (Å²) in [6, 6.07) is 18.4. The summed E-state index contributed by atoms with van der Waals surface area (Å²) in [5.41, 5.74) is 10.2. The number of carbonyl (C=O) groups excluding carboxylic acids is 1. The number of nitrogens with zero attached hydrogens (tertiary/aromatic N) is 4. The summed E-state index contributed by atoms with van der Waals surface area (Å²) in [6.45, 7) is 5.41. The Morgan fingerprint density at radius 1 is 1.02 bits per heavy atom. The van der Waals surface area contributed by atoms with Crippen LogP contribution >= 0.6 is 0 Å². The molecule has 0 spiro atoms. The number of rotatable bonds is 10. The zero-order valence-corrected chi connectivity index (χ0v) is 23.1. The van der Waals surface area contributed by atoms with Crippen LogP contribution in [0.1, 0.15) is 24.4 Å². The van der Waals surface area contributed by atoms with Crippen LogP contribution in [0.5, 0.6) is 5.75 Å². The lowest BCUT2D eigenvalue weighted by Gasteiger charge is -2.36. The Balaban J connectivity index is 1.10. The Labute approximate surface area is 239 Å². The molecule has 0 bridgehead atoms. The van der Waals surface area contributed by atoms with E-state index >= 15 is 0 Å². The van der Waals surface area contributed by atoms with Gasteiger partial charge in [0, 0.05) is 49.5 Å². The Hall–Kier alpha value is -4.15. The number of para-hydroxylation sites is 1. The first-order chi connectivity index (χ1) is 20.2. The van der Waals surface area contributed by atoms with Crippen LogP contribution in [0.2, 0.25) is 0 Å². The lowest BCUT2D eigenvalue weighted by molar-refractivity contribution is 0.0279. The molecule has 3 heterocycles. The van der Waals surface area contributed by atoms with Gasteiger partial charge in [-0.15, -0.1) is 0 Å². The summed E-state index contributed by atoms with van der Waals surface area (Å²) in [5, 5.41) is 3.76. The van der Waals surface area contributed by atoms with Crippen LogP contribution in [0.25, 0.3) is 22.2 Å². The standard InChI is InChI=1S/C31H36N6O4/c32-29-28-26(25-8-4-5-9-27(25)41-20-22-6-2-1-3-7-22)19-37(30(28)35-21-34-29)24-16-23(17-24)18-33-31(38)40-15-12-36-10-13-39-14-11-36/h1-9,19,21,23-24H,10-18,20H2,(H,33,38)(H2,32,34,35). The van der Waals surface area contributed by atoms with Crippen LogP contribution in [0, 0.1) is 5.92 Å². The van der Waals surface area contributed by atoms with Gasteiger partial charge in [-0.25, -0.2) is 14.8 Å². The second kappa shape index (κ2) is 12.6. The van der Waals surface area contributed by atoms with Gasteiger partial charge in [-0.3, -0.25) is 4.90 Å². The van der Waals surface area contributed by atoms with E-state index in [2.05, 4.69) is 30.9 Å². The summed E-state index contributed by atoms with van der Waals surface area (Å²) in [7, 11) is 0. The van der Waals surface area contributed by atoms with Crippen molar-refractivity contribution in [3.63, 3.8) is 0 Å². The van der Waals surface area contributed by atoms with Crippen molar-refractivity contribution < 1.29 is 19.0 Å². The molecule has 214 valence electrons. The third-order valence-corrected chi connectivity index (χ3v) is 7.94. The second-order valence-corrected chi connectivity index (χ2v) is 10.6. The number of nitrogens with two attached hydrogens (primary N) is 1. The molecular formula is C31H36N6O4. The van der Waals surface area contributed by atoms with Crippen LogP contribution in [-0.4, -0.2) is 71.5 Å². The maximum absolute atomic E-state index is 12.2. The molecule has 0 radical (unpaired) electrons. The van der Waals surface area contributed by atoms with Crippen molar-refractivity contribution in [3.05, 3.63) is 72.7 Å². The highest BCUT2D eigenvalue weighted by atomic mass is 16.5. The van der Waals surface area contributed by atoms with E-state index in [1.54, 1.807) is 0 Å². The lowest BCUT2D eigenvalue weighted by Crippen LogP contribution is -2.40. The molecule has 10 nitrogen and oxygen atoms in total. The molecular weight excluding hydrogens is 520 g/mol. The zero-order valence-electron chi connectivity index (χ0n) is 23.1. The van der Waals surface area contributed by atoms with Gasteiger partial charge in [0.15, 0.2) is 0 Å². The highest BCUT2D eigenvalue weighted by Gasteiger charge is 2.33. The number of nitrogens with one attached hydrogen (secondary N) is 1. The average molecular weight is 557 g/mol. The molecule has 0 atom stereocenters. The Morgan fingerprint density at radius 3 is 2.63 bits per heavy atom. The van der Waals surface area contributed by atoms with E-state index in [0.29, 0.717) is 31.5 Å². The van der Waals surface area contributed by atoms with Crippen molar-refractivity contribution in [2.45, 2.75) is 25.5 Å². The molecule has 2 aromatic heterocycles. The molecule has 1 aliphatic carbocycles. The summed E-state index contributed by atoms with van der Waals surface area (Å²) in [4.78, 5) is 23.4. The summed E-state index contributed by atoms with van der Waals surface area (Å²) in [5.74, 6) is 1.59. The van der Waals surface area contributed by atoms with Gasteiger partial charge >= 0.3 is 6.09 Å². The van der Waals surface area contributed by atoms with Gasteiger partial charge in [-0.2, -0.15) is 0 Å². The van der Waals surface area contributed by atoms with Crippen molar-refractivity contribution in [1.82, 2.24) is 24.8 Å². The number of anilines is 1. The van der Waals surface area contributed by atoms with E-state index in [4.69, 9.17) is 19.9 Å². The quantitative estimate of drug-likeness (QED) is 0.298. The average Bonchev–Trinajstić information content (AvgIpc) is 3.37. The van der Waals surface area contributed by atoms with E-state index in [-0.39, 0.29) is 12.1 Å². The molecule has 4 aromatic rings. The lowest BCUT2D eigenvalue weighted by atomic mass is 9.80. The fourth-order valence-corrected chi connectivity index (χ4v) is 5.61. The van der Waals surface area contributed by atoms with Crippen LogP contribution in [0.4, 0.5) is 10.6 Å². The number of amides is 1. The van der Waals surface area contributed by atoms with Crippen molar-refractivity contribution in [3.8, 4) is 16.9 Å². The normalized spacial score (nSPS) is 19.0. The molecule has 1 aliphatic heterocycles. The van der Waals surface area contributed by atoms with Crippen molar-refractivity contribution in [2.24, 2.45) is 5.92 Å². The number of fused-ring (bicyclic) bond motifs is 1. The monoisotopic (exact) mass is 556 g/mol. The minimum absolute atomic E-state index is 0.252. The number of hydrogen-bond donors (Lipinski definition) is 2. The van der Waals surface area contributed by atoms with E-state index in [1.165, 1.54) is 6.33 Å². The molecule has 0 unspecified atom stereocenters. The summed E-state index contributed by atoms with van der Waals surface area (Å²) in [6.07, 6.45) is 5.12. The van der Waals surface area contributed by atoms with Gasteiger partial charge in [0.1, 0.15) is 36.8 Å². The molecule has 1 saturated carbocycles. The number of alkyl carbamates (subject to hydrolysis) is 1. The third-order valence-electron chi connectivity index (χ3n) is 7.94. The minimum atomic E-state index is -0.358. The number of ether oxygens (including phenoxy) is 3. The van der Waals surface area contributed by atoms with E-state index in [0.717, 1.165) is 79.2 Å². The predicted molar refractivity (Wildman–Crippen MR) is 157 cm³/mol. The number of morpholine rings is 1. The Kier molecular flexibility index (Phi) is 8.29. The minimum Gasteiger partial charge on any atom is -0.488 e. The highest BCUT2D eigenvalue weighted by Crippen LogP contribution is 2.44. The molecule has 1 amide bonds. The SMILES string of the molecule is Nc1ncnc2c1c(-c1ccccc1OCc1ccccc1)cn2C1CC(CNC(=O)OCCN2CCOCC2)C1. The largest absolute Gasteiger partial charge is 0.488 e. The third kappa shape index (κ3) is 6.28. The van der Waals surface area contributed by atoms with E-state index < -0.39 is 0 Å². The van der Waals surface area contributed by atoms with Gasteiger partial charge in [-0.1, -0.05) is 48.5 Å². The first-order valence-electron chi connectivity index (χ1n) is 14.2. The van der Waals surface area contributed by atoms with Crippen molar-refractivity contribution in [2.75, 3.05) is 51.7 Å². The van der Waals surface area contributed by atoms with Crippen LogP contribution in [0.15, 0.2) is 67.1 Å². The molecule has 10 heteroatoms. The number of aromatic nitrogens is 3. The maximum atomic E-state index is 12.2. The molecule has 2 aliphatic rings. The second-order valence-electron chi connectivity index (χ2n) is 10.6. The van der Waals surface area contributed by atoms with Gasteiger partial charge in [0.2, 0.25) is 0 Å². The molecule has 3 N–H and O–H groups in total. The topological polar surface area (TPSA) is 117 Å². The van der Waals surface area contributed by atoms with Gasteiger partial charge in [0.05, 0.1) is 18.6 Å². The fourth-order valence-electron chi connectivity index (χ4n) is 5.61.